The molecule has 1 aromatic carbocycles. The first-order valence-electron chi connectivity index (χ1n) is 5.98. The Kier molecular flexibility index (Phi) is 2.50. The number of hydrogen-bond acceptors (Lipinski definition) is 4. The van der Waals surface area contributed by atoms with Crippen molar-refractivity contribution in [2.75, 3.05) is 6.61 Å². The first-order chi connectivity index (χ1) is 9.02. The third-order valence-electron chi connectivity index (χ3n) is 3.64. The summed E-state index contributed by atoms with van der Waals surface area (Å²) in [5.74, 6) is -1.34. The number of carboxylic acid groups (broad SMARTS) is 1. The van der Waals surface area contributed by atoms with Crippen LogP contribution in [0.3, 0.4) is 0 Å². The Morgan fingerprint density at radius 2 is 2.26 bits per heavy atom. The molecule has 3 rings (SSSR count). The van der Waals surface area contributed by atoms with E-state index in [0.29, 0.717) is 24.1 Å². The number of rotatable bonds is 3. The molecule has 100 valence electrons. The largest absolute Gasteiger partial charge is 0.481 e. The highest BCUT2D eigenvalue weighted by Gasteiger charge is 2.42. The van der Waals surface area contributed by atoms with Gasteiger partial charge in [-0.25, -0.2) is 4.79 Å². The van der Waals surface area contributed by atoms with Crippen LogP contribution in [-0.4, -0.2) is 22.2 Å². The van der Waals surface area contributed by atoms with Crippen molar-refractivity contribution in [2.24, 2.45) is 7.05 Å². The molecule has 0 bridgehead atoms. The predicted molar refractivity (Wildman–Crippen MR) is 66.0 cm³/mol. The lowest BCUT2D eigenvalue weighted by atomic mass is 9.83. The van der Waals surface area contributed by atoms with E-state index < -0.39 is 17.3 Å². The Labute approximate surface area is 108 Å². The van der Waals surface area contributed by atoms with Crippen molar-refractivity contribution >= 4 is 17.1 Å². The molecule has 1 fully saturated rings. The number of aryl methyl sites for hydroxylation is 1. The van der Waals surface area contributed by atoms with Crippen LogP contribution in [0.15, 0.2) is 27.4 Å². The molecule has 1 aliphatic rings. The van der Waals surface area contributed by atoms with E-state index in [1.807, 2.05) is 0 Å². The molecule has 6 heteroatoms. The van der Waals surface area contributed by atoms with E-state index in [-0.39, 0.29) is 6.42 Å². The van der Waals surface area contributed by atoms with Crippen molar-refractivity contribution < 1.29 is 19.1 Å². The van der Waals surface area contributed by atoms with Gasteiger partial charge in [-0.1, -0.05) is 6.07 Å². The van der Waals surface area contributed by atoms with Crippen LogP contribution < -0.4 is 5.76 Å². The fourth-order valence-electron chi connectivity index (χ4n) is 2.47. The maximum Gasteiger partial charge on any atom is 0.419 e. The van der Waals surface area contributed by atoms with E-state index in [1.165, 1.54) is 4.57 Å². The van der Waals surface area contributed by atoms with E-state index in [1.54, 1.807) is 25.2 Å². The second-order valence-corrected chi connectivity index (χ2v) is 4.77. The zero-order valence-corrected chi connectivity index (χ0v) is 10.4. The molecule has 1 aliphatic heterocycles. The van der Waals surface area contributed by atoms with E-state index in [9.17, 15) is 9.59 Å². The number of benzene rings is 1. The number of carbonyl (C=O) groups is 1. The predicted octanol–water partition coefficient (Wildman–Crippen LogP) is 1.22. The molecule has 1 saturated heterocycles. The first-order valence-corrected chi connectivity index (χ1v) is 5.98. The molecule has 1 aromatic heterocycles. The molecule has 0 saturated carbocycles. The molecule has 6 nitrogen and oxygen atoms in total. The maximum absolute atomic E-state index is 11.4. The normalized spacial score (nSPS) is 22.4. The number of oxazole rings is 1. The average Bonchev–Trinajstić information content (AvgIpc) is 2.60. The lowest BCUT2D eigenvalue weighted by Gasteiger charge is -2.41. The smallest absolute Gasteiger partial charge is 0.419 e. The molecule has 1 atom stereocenters. The van der Waals surface area contributed by atoms with Gasteiger partial charge in [0.1, 0.15) is 5.60 Å². The zero-order valence-electron chi connectivity index (χ0n) is 10.4. The van der Waals surface area contributed by atoms with E-state index in [4.69, 9.17) is 14.3 Å². The van der Waals surface area contributed by atoms with Crippen molar-refractivity contribution in [1.82, 2.24) is 4.57 Å². The molecule has 0 aliphatic carbocycles. The van der Waals surface area contributed by atoms with Crippen molar-refractivity contribution in [1.29, 1.82) is 0 Å². The van der Waals surface area contributed by atoms with E-state index >= 15 is 0 Å². The van der Waals surface area contributed by atoms with E-state index in [0.717, 1.165) is 5.56 Å². The molecule has 19 heavy (non-hydrogen) atoms. The van der Waals surface area contributed by atoms with Crippen LogP contribution in [0.1, 0.15) is 18.4 Å². The van der Waals surface area contributed by atoms with Crippen LogP contribution in [0, 0.1) is 0 Å². The number of ether oxygens (including phenoxy) is 1. The van der Waals surface area contributed by atoms with Gasteiger partial charge in [0.25, 0.3) is 0 Å². The standard InChI is InChI=1S/C13H13NO5/c1-14-9-6-8(2-3-10(9)19-12(14)17)13(4-5-18-13)7-11(15)16/h2-3,6H,4-5,7H2,1H3,(H,15,16). The van der Waals surface area contributed by atoms with Gasteiger partial charge in [-0.15, -0.1) is 0 Å². The fraction of sp³-hybridized carbons (Fsp3) is 0.385. The van der Waals surface area contributed by atoms with Gasteiger partial charge in [-0.3, -0.25) is 9.36 Å². The van der Waals surface area contributed by atoms with Gasteiger partial charge in [0, 0.05) is 13.5 Å². The third kappa shape index (κ3) is 1.76. The monoisotopic (exact) mass is 263 g/mol. The lowest BCUT2D eigenvalue weighted by Crippen LogP contribution is -2.42. The summed E-state index contributed by atoms with van der Waals surface area (Å²) >= 11 is 0. The summed E-state index contributed by atoms with van der Waals surface area (Å²) in [6.07, 6.45) is 0.584. The highest BCUT2D eigenvalue weighted by atomic mass is 16.5. The minimum Gasteiger partial charge on any atom is -0.481 e. The first kappa shape index (κ1) is 12.0. The van der Waals surface area contributed by atoms with Crippen molar-refractivity contribution in [3.05, 3.63) is 34.3 Å². The number of nitrogens with zero attached hydrogens (tertiary/aromatic N) is 1. The Balaban J connectivity index is 2.12. The van der Waals surface area contributed by atoms with E-state index in [2.05, 4.69) is 0 Å². The van der Waals surface area contributed by atoms with Crippen molar-refractivity contribution in [3.63, 3.8) is 0 Å². The van der Waals surface area contributed by atoms with Gasteiger partial charge in [-0.2, -0.15) is 0 Å². The topological polar surface area (TPSA) is 81.7 Å². The molecular weight excluding hydrogens is 250 g/mol. The maximum atomic E-state index is 11.4. The van der Waals surface area contributed by atoms with Crippen LogP contribution in [0.25, 0.3) is 11.1 Å². The summed E-state index contributed by atoms with van der Waals surface area (Å²) in [5.41, 5.74) is 1.13. The number of hydrogen-bond donors (Lipinski definition) is 1. The minimum absolute atomic E-state index is 0.0791. The molecule has 0 radical (unpaired) electrons. The molecule has 2 heterocycles. The molecular formula is C13H13NO5. The molecule has 0 amide bonds. The molecule has 1 unspecified atom stereocenters. The quantitative estimate of drug-likeness (QED) is 0.900. The van der Waals surface area contributed by atoms with Gasteiger partial charge in [0.15, 0.2) is 5.58 Å². The van der Waals surface area contributed by atoms with Gasteiger partial charge in [-0.05, 0) is 17.7 Å². The molecule has 1 N–H and O–H groups in total. The van der Waals surface area contributed by atoms with Crippen LogP contribution >= 0.6 is 0 Å². The summed E-state index contributed by atoms with van der Waals surface area (Å²) in [6.45, 7) is 0.551. The van der Waals surface area contributed by atoms with Crippen molar-refractivity contribution in [3.8, 4) is 0 Å². The second kappa shape index (κ2) is 3.96. The number of fused-ring (bicyclic) bond motifs is 1. The number of aromatic nitrogens is 1. The SMILES string of the molecule is Cn1c(=O)oc2ccc(C3(CC(=O)O)CCO3)cc21. The third-order valence-corrected chi connectivity index (χ3v) is 3.64. The summed E-state index contributed by atoms with van der Waals surface area (Å²) in [6, 6.07) is 5.20. The highest BCUT2D eigenvalue weighted by Crippen LogP contribution is 2.41. The summed E-state index contributed by atoms with van der Waals surface area (Å²) in [7, 11) is 1.61. The second-order valence-electron chi connectivity index (χ2n) is 4.77. The Bertz CT molecular complexity index is 707. The Morgan fingerprint density at radius 1 is 1.53 bits per heavy atom. The van der Waals surface area contributed by atoms with Gasteiger partial charge in [0.05, 0.1) is 18.5 Å². The van der Waals surface area contributed by atoms with Gasteiger partial charge < -0.3 is 14.3 Å². The summed E-state index contributed by atoms with van der Waals surface area (Å²) < 4.78 is 12.0. The lowest BCUT2D eigenvalue weighted by molar-refractivity contribution is -0.176. The molecule has 2 aromatic rings. The highest BCUT2D eigenvalue weighted by molar-refractivity contribution is 5.75. The van der Waals surface area contributed by atoms with Crippen LogP contribution in [0.5, 0.6) is 0 Å². The zero-order chi connectivity index (χ0) is 13.6. The summed E-state index contributed by atoms with van der Waals surface area (Å²) in [5, 5.41) is 8.99. The van der Waals surface area contributed by atoms with Crippen LogP contribution in [-0.2, 0) is 22.2 Å². The average molecular weight is 263 g/mol. The van der Waals surface area contributed by atoms with Crippen molar-refractivity contribution in [2.45, 2.75) is 18.4 Å². The molecule has 0 spiro atoms. The van der Waals surface area contributed by atoms with Crippen LogP contribution in [0.4, 0.5) is 0 Å². The number of carboxylic acids is 1. The minimum atomic E-state index is -0.902. The summed E-state index contributed by atoms with van der Waals surface area (Å²) in [4.78, 5) is 22.4. The van der Waals surface area contributed by atoms with Gasteiger partial charge >= 0.3 is 11.7 Å². The number of aliphatic carboxylic acids is 1. The Morgan fingerprint density at radius 3 is 2.84 bits per heavy atom. The van der Waals surface area contributed by atoms with Crippen LogP contribution in [0.2, 0.25) is 0 Å². The van der Waals surface area contributed by atoms with Gasteiger partial charge in [0.2, 0.25) is 0 Å². The fourth-order valence-corrected chi connectivity index (χ4v) is 2.47. The Hall–Kier alpha value is -2.08.